The first-order valence-corrected chi connectivity index (χ1v) is 4.76. The molecule has 0 spiro atoms. The van der Waals surface area contributed by atoms with E-state index in [-0.39, 0.29) is 17.6 Å². The number of ketones is 1. The van der Waals surface area contributed by atoms with Gasteiger partial charge in [-0.25, -0.2) is 4.39 Å². The molecule has 1 aliphatic heterocycles. The van der Waals surface area contributed by atoms with Crippen molar-refractivity contribution < 1.29 is 9.18 Å². The minimum absolute atomic E-state index is 0.114. The van der Waals surface area contributed by atoms with Gasteiger partial charge in [0.15, 0.2) is 5.78 Å². The predicted octanol–water partition coefficient (Wildman–Crippen LogP) is 1.30. The van der Waals surface area contributed by atoms with E-state index in [1.165, 1.54) is 12.1 Å². The second-order valence-corrected chi connectivity index (χ2v) is 3.56. The summed E-state index contributed by atoms with van der Waals surface area (Å²) in [7, 11) is 0. The van der Waals surface area contributed by atoms with Gasteiger partial charge < -0.3 is 5.32 Å². The van der Waals surface area contributed by atoms with Crippen LogP contribution in [0.4, 0.5) is 4.39 Å². The van der Waals surface area contributed by atoms with Crippen LogP contribution in [0.3, 0.4) is 0 Å². The number of rotatable bonds is 2. The molecule has 2 rings (SSSR count). The van der Waals surface area contributed by atoms with E-state index in [9.17, 15) is 9.18 Å². The summed E-state index contributed by atoms with van der Waals surface area (Å²) in [5, 5.41) is 3.10. The molecule has 1 saturated heterocycles. The summed E-state index contributed by atoms with van der Waals surface area (Å²) in [5.41, 5.74) is 0.873. The van der Waals surface area contributed by atoms with Crippen molar-refractivity contribution in [1.82, 2.24) is 5.32 Å². The van der Waals surface area contributed by atoms with Crippen molar-refractivity contribution in [3.05, 3.63) is 35.6 Å². The van der Waals surface area contributed by atoms with E-state index in [1.54, 1.807) is 6.07 Å². The molecule has 1 unspecified atom stereocenters. The van der Waals surface area contributed by atoms with Crippen LogP contribution in [-0.4, -0.2) is 18.4 Å². The Morgan fingerprint density at radius 1 is 1.50 bits per heavy atom. The van der Waals surface area contributed by atoms with Crippen molar-refractivity contribution in [3.8, 4) is 0 Å². The molecule has 1 aliphatic rings. The molecule has 1 aromatic rings. The molecular weight excluding hydrogens is 181 g/mol. The van der Waals surface area contributed by atoms with Gasteiger partial charge in [0.05, 0.1) is 6.04 Å². The lowest BCUT2D eigenvalue weighted by Crippen LogP contribution is -2.29. The SMILES string of the molecule is O=C1CCNC1Cc1cccc(F)c1. The molecule has 1 fully saturated rings. The highest BCUT2D eigenvalue weighted by molar-refractivity contribution is 5.86. The molecule has 0 bridgehead atoms. The van der Waals surface area contributed by atoms with Gasteiger partial charge in [0, 0.05) is 13.0 Å². The zero-order chi connectivity index (χ0) is 9.97. The normalized spacial score (nSPS) is 21.5. The van der Waals surface area contributed by atoms with Crippen LogP contribution in [0.15, 0.2) is 24.3 Å². The Hall–Kier alpha value is -1.22. The van der Waals surface area contributed by atoms with Gasteiger partial charge >= 0.3 is 0 Å². The fourth-order valence-electron chi connectivity index (χ4n) is 1.74. The monoisotopic (exact) mass is 193 g/mol. The summed E-state index contributed by atoms with van der Waals surface area (Å²) in [6, 6.07) is 6.29. The van der Waals surface area contributed by atoms with Crippen molar-refractivity contribution in [2.45, 2.75) is 18.9 Å². The second kappa shape index (κ2) is 3.88. The average molecular weight is 193 g/mol. The Morgan fingerprint density at radius 2 is 2.36 bits per heavy atom. The van der Waals surface area contributed by atoms with Crippen LogP contribution >= 0.6 is 0 Å². The maximum absolute atomic E-state index is 12.8. The molecule has 74 valence electrons. The summed E-state index contributed by atoms with van der Waals surface area (Å²) < 4.78 is 12.8. The Labute approximate surface area is 82.1 Å². The topological polar surface area (TPSA) is 29.1 Å². The minimum Gasteiger partial charge on any atom is -0.307 e. The van der Waals surface area contributed by atoms with Gasteiger partial charge in [-0.05, 0) is 24.1 Å². The molecule has 0 radical (unpaired) electrons. The summed E-state index contributed by atoms with van der Waals surface area (Å²) in [5.74, 6) is -0.0118. The maximum Gasteiger partial charge on any atom is 0.151 e. The number of hydrogen-bond acceptors (Lipinski definition) is 2. The predicted molar refractivity (Wildman–Crippen MR) is 51.5 cm³/mol. The van der Waals surface area contributed by atoms with Gasteiger partial charge in [-0.2, -0.15) is 0 Å². The van der Waals surface area contributed by atoms with Crippen LogP contribution in [0.5, 0.6) is 0 Å². The third kappa shape index (κ3) is 1.99. The molecule has 1 aromatic carbocycles. The highest BCUT2D eigenvalue weighted by Crippen LogP contribution is 2.10. The van der Waals surface area contributed by atoms with E-state index in [1.807, 2.05) is 6.07 Å². The number of Topliss-reactive ketones (excluding diaryl/α,β-unsaturated/α-hetero) is 1. The first-order valence-electron chi connectivity index (χ1n) is 4.76. The third-order valence-corrected chi connectivity index (χ3v) is 2.48. The second-order valence-electron chi connectivity index (χ2n) is 3.56. The Morgan fingerprint density at radius 3 is 3.00 bits per heavy atom. The third-order valence-electron chi connectivity index (χ3n) is 2.48. The van der Waals surface area contributed by atoms with Crippen molar-refractivity contribution in [2.75, 3.05) is 6.54 Å². The highest BCUT2D eigenvalue weighted by Gasteiger charge is 2.23. The van der Waals surface area contributed by atoms with Gasteiger partial charge in [-0.15, -0.1) is 0 Å². The van der Waals surface area contributed by atoms with Crippen molar-refractivity contribution in [3.63, 3.8) is 0 Å². The average Bonchev–Trinajstić information content (AvgIpc) is 2.52. The molecule has 1 N–H and O–H groups in total. The molecule has 0 aromatic heterocycles. The van der Waals surface area contributed by atoms with E-state index in [2.05, 4.69) is 5.32 Å². The number of nitrogens with one attached hydrogen (secondary N) is 1. The smallest absolute Gasteiger partial charge is 0.151 e. The van der Waals surface area contributed by atoms with E-state index < -0.39 is 0 Å². The zero-order valence-electron chi connectivity index (χ0n) is 7.79. The number of benzene rings is 1. The number of carbonyl (C=O) groups is 1. The quantitative estimate of drug-likeness (QED) is 0.767. The van der Waals surface area contributed by atoms with Crippen LogP contribution in [0.1, 0.15) is 12.0 Å². The fraction of sp³-hybridized carbons (Fsp3) is 0.364. The van der Waals surface area contributed by atoms with Crippen LogP contribution in [0.25, 0.3) is 0 Å². The van der Waals surface area contributed by atoms with E-state index in [0.717, 1.165) is 12.1 Å². The standard InChI is InChI=1S/C11H12FNO/c12-9-3-1-2-8(6-9)7-10-11(14)4-5-13-10/h1-3,6,10,13H,4-5,7H2. The largest absolute Gasteiger partial charge is 0.307 e. The lowest BCUT2D eigenvalue weighted by molar-refractivity contribution is -0.118. The van der Waals surface area contributed by atoms with Crippen molar-refractivity contribution >= 4 is 5.78 Å². The molecule has 0 saturated carbocycles. The number of hydrogen-bond donors (Lipinski definition) is 1. The molecule has 0 aliphatic carbocycles. The molecule has 3 heteroatoms. The zero-order valence-corrected chi connectivity index (χ0v) is 7.79. The molecule has 0 amide bonds. The van der Waals surface area contributed by atoms with E-state index in [4.69, 9.17) is 0 Å². The highest BCUT2D eigenvalue weighted by atomic mass is 19.1. The summed E-state index contributed by atoms with van der Waals surface area (Å²) >= 11 is 0. The Kier molecular flexibility index (Phi) is 2.59. The van der Waals surface area contributed by atoms with Crippen LogP contribution in [0, 0.1) is 5.82 Å². The number of halogens is 1. The summed E-state index contributed by atoms with van der Waals surface area (Å²) in [6.45, 7) is 0.749. The Bertz CT molecular complexity index is 351. The fourth-order valence-corrected chi connectivity index (χ4v) is 1.74. The molecule has 1 heterocycles. The first kappa shape index (κ1) is 9.34. The first-order chi connectivity index (χ1) is 6.75. The molecule has 14 heavy (non-hydrogen) atoms. The lowest BCUT2D eigenvalue weighted by Gasteiger charge is -2.08. The van der Waals surface area contributed by atoms with Crippen LogP contribution in [-0.2, 0) is 11.2 Å². The Balaban J connectivity index is 2.07. The summed E-state index contributed by atoms with van der Waals surface area (Å²) in [4.78, 5) is 11.3. The van der Waals surface area contributed by atoms with Crippen LogP contribution in [0.2, 0.25) is 0 Å². The van der Waals surface area contributed by atoms with Gasteiger partial charge in [0.25, 0.3) is 0 Å². The van der Waals surface area contributed by atoms with E-state index in [0.29, 0.717) is 12.8 Å². The van der Waals surface area contributed by atoms with Crippen LogP contribution < -0.4 is 5.32 Å². The lowest BCUT2D eigenvalue weighted by atomic mass is 10.0. The van der Waals surface area contributed by atoms with E-state index >= 15 is 0 Å². The molecular formula is C11H12FNO. The van der Waals surface area contributed by atoms with Crippen molar-refractivity contribution in [2.24, 2.45) is 0 Å². The minimum atomic E-state index is -0.243. The van der Waals surface area contributed by atoms with Gasteiger partial charge in [0.2, 0.25) is 0 Å². The van der Waals surface area contributed by atoms with Crippen molar-refractivity contribution in [1.29, 1.82) is 0 Å². The van der Waals surface area contributed by atoms with Gasteiger partial charge in [-0.1, -0.05) is 12.1 Å². The summed E-state index contributed by atoms with van der Waals surface area (Å²) in [6.07, 6.45) is 1.19. The van der Waals surface area contributed by atoms with Gasteiger partial charge in [-0.3, -0.25) is 4.79 Å². The molecule has 1 atom stereocenters. The van der Waals surface area contributed by atoms with Gasteiger partial charge in [0.1, 0.15) is 5.82 Å². The number of carbonyl (C=O) groups excluding carboxylic acids is 1. The maximum atomic E-state index is 12.8. The molecule has 2 nitrogen and oxygen atoms in total.